The first-order chi connectivity index (χ1) is 16.9. The fraction of sp³-hybridized carbons (Fsp3) is 0.346. The number of carbonyl (C=O) groups excluding carboxylic acids is 1. The molecule has 0 radical (unpaired) electrons. The van der Waals surface area contributed by atoms with Gasteiger partial charge in [-0.3, -0.25) is 4.79 Å². The summed E-state index contributed by atoms with van der Waals surface area (Å²) in [5.74, 6) is 3.62. The number of ether oxygens (including phenoxy) is 2. The Kier molecular flexibility index (Phi) is 6.53. The summed E-state index contributed by atoms with van der Waals surface area (Å²) in [7, 11) is 3.41. The van der Waals surface area contributed by atoms with Gasteiger partial charge in [0, 0.05) is 38.0 Å². The van der Waals surface area contributed by atoms with E-state index in [2.05, 4.69) is 4.90 Å². The first-order valence-electron chi connectivity index (χ1n) is 11.6. The predicted molar refractivity (Wildman–Crippen MR) is 136 cm³/mol. The van der Waals surface area contributed by atoms with Crippen LogP contribution >= 0.6 is 0 Å². The SMILES string of the molecule is CCOc1ccc(-c2nc3c(c(N4CCc5ccc(OCC(=O)N(C)C)cc54)n2)C[S+]([O-])C3)cc1. The first-order valence-corrected chi connectivity index (χ1v) is 13.1. The third-order valence-corrected chi connectivity index (χ3v) is 7.37. The van der Waals surface area contributed by atoms with Gasteiger partial charge in [0.05, 0.1) is 12.2 Å². The van der Waals surface area contributed by atoms with E-state index in [9.17, 15) is 9.35 Å². The molecule has 2 aliphatic heterocycles. The van der Waals surface area contributed by atoms with Crippen LogP contribution in [0.3, 0.4) is 0 Å². The smallest absolute Gasteiger partial charge is 0.259 e. The van der Waals surface area contributed by atoms with Crippen molar-refractivity contribution in [1.29, 1.82) is 0 Å². The molecule has 0 aliphatic carbocycles. The largest absolute Gasteiger partial charge is 0.616 e. The average Bonchev–Trinajstić information content (AvgIpc) is 3.44. The van der Waals surface area contributed by atoms with Crippen LogP contribution in [0.1, 0.15) is 23.7 Å². The fourth-order valence-corrected chi connectivity index (χ4v) is 5.57. The van der Waals surface area contributed by atoms with Crippen LogP contribution in [0.2, 0.25) is 0 Å². The third kappa shape index (κ3) is 4.78. The quantitative estimate of drug-likeness (QED) is 0.467. The molecular formula is C26H28N4O4S. The van der Waals surface area contributed by atoms with E-state index in [1.54, 1.807) is 14.1 Å². The molecule has 9 heteroatoms. The van der Waals surface area contributed by atoms with Crippen LogP contribution in [0.4, 0.5) is 11.5 Å². The third-order valence-electron chi connectivity index (χ3n) is 6.17. The molecule has 1 unspecified atom stereocenters. The van der Waals surface area contributed by atoms with Crippen molar-refractivity contribution in [3.05, 3.63) is 59.3 Å². The second-order valence-electron chi connectivity index (χ2n) is 8.75. The Hall–Kier alpha value is -3.30. The molecule has 35 heavy (non-hydrogen) atoms. The summed E-state index contributed by atoms with van der Waals surface area (Å²) in [6, 6.07) is 13.6. The molecular weight excluding hydrogens is 464 g/mol. The minimum Gasteiger partial charge on any atom is -0.616 e. The van der Waals surface area contributed by atoms with Gasteiger partial charge in [0.2, 0.25) is 0 Å². The topological polar surface area (TPSA) is 90.9 Å². The number of aromatic nitrogens is 2. The lowest BCUT2D eigenvalue weighted by Crippen LogP contribution is -2.27. The van der Waals surface area contributed by atoms with Gasteiger partial charge in [0.1, 0.15) is 34.5 Å². The normalized spacial score (nSPS) is 16.1. The maximum Gasteiger partial charge on any atom is 0.259 e. The Balaban J connectivity index is 1.50. The van der Waals surface area contributed by atoms with E-state index >= 15 is 0 Å². The van der Waals surface area contributed by atoms with Gasteiger partial charge >= 0.3 is 0 Å². The predicted octanol–water partition coefficient (Wildman–Crippen LogP) is 3.47. The number of nitrogens with zero attached hydrogens (tertiary/aromatic N) is 4. The lowest BCUT2D eigenvalue weighted by molar-refractivity contribution is -0.130. The van der Waals surface area contributed by atoms with Crippen LogP contribution in [-0.4, -0.2) is 59.2 Å². The number of anilines is 2. The molecule has 0 fully saturated rings. The molecule has 0 bridgehead atoms. The summed E-state index contributed by atoms with van der Waals surface area (Å²) in [5.41, 5.74) is 4.85. The van der Waals surface area contributed by atoms with Crippen LogP contribution in [0, 0.1) is 0 Å². The standard InChI is InChI=1S/C26H28N4O4S/c1-4-33-19-8-6-18(7-9-19)25-27-22-16-35(32)15-21(22)26(28-25)30-12-11-17-5-10-20(13-23(17)30)34-14-24(31)29(2)3/h5-10,13H,4,11-12,14-16H2,1-3H3. The van der Waals surface area contributed by atoms with E-state index < -0.39 is 11.2 Å². The zero-order valence-electron chi connectivity index (χ0n) is 20.1. The number of carbonyl (C=O) groups is 1. The van der Waals surface area contributed by atoms with Crippen molar-refractivity contribution in [2.75, 3.05) is 38.8 Å². The van der Waals surface area contributed by atoms with E-state index in [0.29, 0.717) is 29.7 Å². The van der Waals surface area contributed by atoms with Crippen molar-refractivity contribution >= 4 is 28.6 Å². The van der Waals surface area contributed by atoms with Crippen molar-refractivity contribution in [3.63, 3.8) is 0 Å². The van der Waals surface area contributed by atoms with E-state index in [0.717, 1.165) is 47.0 Å². The van der Waals surface area contributed by atoms with Crippen LogP contribution in [0.5, 0.6) is 11.5 Å². The Morgan fingerprint density at radius 3 is 2.60 bits per heavy atom. The summed E-state index contributed by atoms with van der Waals surface area (Å²) < 4.78 is 23.8. The van der Waals surface area contributed by atoms with Crippen LogP contribution < -0.4 is 14.4 Å². The van der Waals surface area contributed by atoms with Gasteiger partial charge < -0.3 is 23.8 Å². The fourth-order valence-electron chi connectivity index (χ4n) is 4.31. The number of likely N-dealkylation sites (N-methyl/N-ethyl adjacent to an activating group) is 1. The zero-order chi connectivity index (χ0) is 24.5. The molecule has 0 saturated carbocycles. The number of fused-ring (bicyclic) bond motifs is 2. The van der Waals surface area contributed by atoms with Gasteiger partial charge in [0.25, 0.3) is 5.91 Å². The van der Waals surface area contributed by atoms with Crippen LogP contribution in [0.15, 0.2) is 42.5 Å². The second-order valence-corrected chi connectivity index (χ2v) is 10.2. The highest BCUT2D eigenvalue weighted by molar-refractivity contribution is 7.90. The molecule has 1 amide bonds. The van der Waals surface area contributed by atoms with Gasteiger partial charge in [-0.25, -0.2) is 9.97 Å². The van der Waals surface area contributed by atoms with E-state index in [1.165, 1.54) is 10.5 Å². The zero-order valence-corrected chi connectivity index (χ0v) is 20.9. The summed E-state index contributed by atoms with van der Waals surface area (Å²) in [6.07, 6.45) is 0.868. The summed E-state index contributed by atoms with van der Waals surface area (Å²) in [4.78, 5) is 25.4. The molecule has 8 nitrogen and oxygen atoms in total. The molecule has 1 aromatic heterocycles. The minimum atomic E-state index is -0.992. The van der Waals surface area contributed by atoms with Crippen LogP contribution in [0.25, 0.3) is 11.4 Å². The van der Waals surface area contributed by atoms with Crippen molar-refractivity contribution in [1.82, 2.24) is 14.9 Å². The molecule has 182 valence electrons. The van der Waals surface area contributed by atoms with Crippen molar-refractivity contribution in [2.24, 2.45) is 0 Å². The number of hydrogen-bond acceptors (Lipinski definition) is 7. The van der Waals surface area contributed by atoms with Crippen molar-refractivity contribution in [3.8, 4) is 22.9 Å². The highest BCUT2D eigenvalue weighted by atomic mass is 32.2. The highest BCUT2D eigenvalue weighted by Gasteiger charge is 2.33. The van der Waals surface area contributed by atoms with Crippen LogP contribution in [-0.2, 0) is 33.9 Å². The van der Waals surface area contributed by atoms with E-state index in [4.69, 9.17) is 19.4 Å². The molecule has 1 atom stereocenters. The van der Waals surface area contributed by atoms with Gasteiger partial charge in [-0.2, -0.15) is 0 Å². The highest BCUT2D eigenvalue weighted by Crippen LogP contribution is 2.41. The number of hydrogen-bond donors (Lipinski definition) is 0. The summed E-state index contributed by atoms with van der Waals surface area (Å²) >= 11 is -0.992. The molecule has 0 spiro atoms. The number of rotatable bonds is 7. The molecule has 0 N–H and O–H groups in total. The summed E-state index contributed by atoms with van der Waals surface area (Å²) in [5, 5.41) is 0. The van der Waals surface area contributed by atoms with Gasteiger partial charge in [-0.1, -0.05) is 6.07 Å². The minimum absolute atomic E-state index is 0.0183. The monoisotopic (exact) mass is 492 g/mol. The van der Waals surface area contributed by atoms with Crippen molar-refractivity contribution in [2.45, 2.75) is 24.9 Å². The van der Waals surface area contributed by atoms with Gasteiger partial charge in [-0.05, 0) is 60.4 Å². The number of amides is 1. The Morgan fingerprint density at radius 2 is 1.86 bits per heavy atom. The molecule has 2 aliphatic rings. The van der Waals surface area contributed by atoms with E-state index in [-0.39, 0.29) is 12.5 Å². The Morgan fingerprint density at radius 1 is 1.09 bits per heavy atom. The molecule has 3 heterocycles. The average molecular weight is 493 g/mol. The second kappa shape index (κ2) is 9.75. The molecule has 0 saturated heterocycles. The lowest BCUT2D eigenvalue weighted by Gasteiger charge is -2.22. The molecule has 2 aromatic carbocycles. The molecule has 3 aromatic rings. The first kappa shape index (κ1) is 23.4. The van der Waals surface area contributed by atoms with Gasteiger partial charge in [-0.15, -0.1) is 0 Å². The van der Waals surface area contributed by atoms with Crippen molar-refractivity contribution < 1.29 is 18.8 Å². The Labute approximate surface area is 208 Å². The molecule has 5 rings (SSSR count). The lowest BCUT2D eigenvalue weighted by atomic mass is 10.1. The number of benzene rings is 2. The maximum absolute atomic E-state index is 12.5. The van der Waals surface area contributed by atoms with E-state index in [1.807, 2.05) is 49.4 Å². The summed E-state index contributed by atoms with van der Waals surface area (Å²) in [6.45, 7) is 3.30. The van der Waals surface area contributed by atoms with Gasteiger partial charge in [0.15, 0.2) is 12.4 Å². The Bertz CT molecular complexity index is 1250. The maximum atomic E-state index is 12.5.